The van der Waals surface area contributed by atoms with E-state index in [4.69, 9.17) is 17.0 Å². The SMILES string of the molecule is CCOc1ccc(N2C(=O)[C@@H]3[C@@H](c4cc([N+](=O)[O-])ccc4O)c4sc(=S)[nH]c4S[C@@H]3C2=O)cc1. The van der Waals surface area contributed by atoms with Crippen LogP contribution in [0.4, 0.5) is 11.4 Å². The molecule has 3 aromatic rings. The summed E-state index contributed by atoms with van der Waals surface area (Å²) in [6, 6.07) is 10.4. The number of phenolic OH excluding ortho intramolecular Hbond substituents is 1. The smallest absolute Gasteiger partial charge is 0.269 e. The summed E-state index contributed by atoms with van der Waals surface area (Å²) in [4.78, 5) is 42.9. The van der Waals surface area contributed by atoms with Gasteiger partial charge >= 0.3 is 0 Å². The second-order valence-electron chi connectivity index (χ2n) is 7.69. The van der Waals surface area contributed by atoms with Crippen molar-refractivity contribution in [2.24, 2.45) is 5.92 Å². The summed E-state index contributed by atoms with van der Waals surface area (Å²) in [7, 11) is 0. The Balaban J connectivity index is 1.63. The number of fused-ring (bicyclic) bond motifs is 2. The number of nitro benzene ring substituents is 1. The Morgan fingerprint density at radius 1 is 1.21 bits per heavy atom. The number of hydrogen-bond acceptors (Lipinski definition) is 9. The zero-order valence-corrected chi connectivity index (χ0v) is 20.0. The Labute approximate surface area is 206 Å². The molecule has 0 radical (unpaired) electrons. The number of H-pyrrole nitrogens is 1. The van der Waals surface area contributed by atoms with E-state index in [2.05, 4.69) is 4.98 Å². The van der Waals surface area contributed by atoms with Crippen molar-refractivity contribution in [3.63, 3.8) is 0 Å². The number of aromatic nitrogens is 1. The number of amides is 2. The molecule has 174 valence electrons. The fourth-order valence-corrected chi connectivity index (χ4v) is 7.32. The van der Waals surface area contributed by atoms with Gasteiger partial charge in [-0.25, -0.2) is 4.90 Å². The molecule has 2 N–H and O–H groups in total. The quantitative estimate of drug-likeness (QED) is 0.218. The summed E-state index contributed by atoms with van der Waals surface area (Å²) in [6.07, 6.45) is 0. The average Bonchev–Trinajstić information content (AvgIpc) is 3.30. The van der Waals surface area contributed by atoms with Gasteiger partial charge in [0.2, 0.25) is 11.8 Å². The molecule has 0 saturated carbocycles. The van der Waals surface area contributed by atoms with E-state index in [1.54, 1.807) is 24.3 Å². The minimum Gasteiger partial charge on any atom is -0.508 e. The number of benzene rings is 2. The van der Waals surface area contributed by atoms with Gasteiger partial charge in [-0.3, -0.25) is 19.7 Å². The number of aromatic hydroxyl groups is 1. The van der Waals surface area contributed by atoms with Crippen LogP contribution in [-0.2, 0) is 9.59 Å². The Kier molecular flexibility index (Phi) is 5.66. The van der Waals surface area contributed by atoms with Crippen molar-refractivity contribution in [1.82, 2.24) is 4.98 Å². The molecule has 1 saturated heterocycles. The molecule has 1 aromatic heterocycles. The van der Waals surface area contributed by atoms with Gasteiger partial charge in [-0.15, -0.1) is 11.3 Å². The van der Waals surface area contributed by atoms with E-state index in [-0.39, 0.29) is 17.0 Å². The molecule has 2 aromatic carbocycles. The molecule has 0 aliphatic carbocycles. The number of hydrogen-bond donors (Lipinski definition) is 2. The summed E-state index contributed by atoms with van der Waals surface area (Å²) in [6.45, 7) is 2.34. The first-order valence-corrected chi connectivity index (χ1v) is 12.4. The number of aromatic amines is 1. The molecule has 3 heterocycles. The minimum absolute atomic E-state index is 0.189. The van der Waals surface area contributed by atoms with Gasteiger partial charge in [0.25, 0.3) is 5.69 Å². The lowest BCUT2D eigenvalue weighted by atomic mass is 9.82. The van der Waals surface area contributed by atoms with Crippen LogP contribution in [0.3, 0.4) is 0 Å². The van der Waals surface area contributed by atoms with Crippen LogP contribution in [-0.4, -0.2) is 38.7 Å². The highest BCUT2D eigenvalue weighted by Gasteiger charge is 2.56. The first kappa shape index (κ1) is 22.6. The number of nitro groups is 1. The third-order valence-electron chi connectivity index (χ3n) is 5.79. The van der Waals surface area contributed by atoms with E-state index < -0.39 is 33.8 Å². The van der Waals surface area contributed by atoms with Crippen LogP contribution in [0.25, 0.3) is 0 Å². The van der Waals surface area contributed by atoms with Gasteiger partial charge in [-0.2, -0.15) is 0 Å². The fraction of sp³-hybridized carbons (Fsp3) is 0.227. The number of thioether (sulfide) groups is 1. The van der Waals surface area contributed by atoms with Crippen molar-refractivity contribution in [3.05, 3.63) is 67.0 Å². The number of imide groups is 1. The third kappa shape index (κ3) is 3.58. The van der Waals surface area contributed by atoms with Gasteiger partial charge in [-0.1, -0.05) is 11.8 Å². The maximum atomic E-state index is 13.7. The van der Waals surface area contributed by atoms with Gasteiger partial charge in [0.1, 0.15) is 16.7 Å². The predicted octanol–water partition coefficient (Wildman–Crippen LogP) is 4.61. The average molecular weight is 516 g/mol. The van der Waals surface area contributed by atoms with Gasteiger partial charge in [0.05, 0.1) is 28.2 Å². The van der Waals surface area contributed by atoms with Crippen LogP contribution in [0, 0.1) is 20.0 Å². The molecule has 34 heavy (non-hydrogen) atoms. The number of nitrogens with zero attached hydrogens (tertiary/aromatic N) is 2. The lowest BCUT2D eigenvalue weighted by Gasteiger charge is -2.30. The number of phenols is 1. The number of thiazole rings is 1. The lowest BCUT2D eigenvalue weighted by Crippen LogP contribution is -2.32. The van der Waals surface area contributed by atoms with E-state index in [9.17, 15) is 24.8 Å². The number of carbonyl (C=O) groups is 2. The largest absolute Gasteiger partial charge is 0.508 e. The Morgan fingerprint density at radius 2 is 1.94 bits per heavy atom. The molecule has 2 amide bonds. The highest BCUT2D eigenvalue weighted by Crippen LogP contribution is 2.55. The maximum Gasteiger partial charge on any atom is 0.269 e. The first-order chi connectivity index (χ1) is 16.3. The van der Waals surface area contributed by atoms with Crippen molar-refractivity contribution in [2.75, 3.05) is 11.5 Å². The molecule has 2 aliphatic heterocycles. The summed E-state index contributed by atoms with van der Waals surface area (Å²) >= 11 is 7.75. The van der Waals surface area contributed by atoms with Crippen LogP contribution in [0.2, 0.25) is 0 Å². The Bertz CT molecular complexity index is 1380. The monoisotopic (exact) mass is 515 g/mol. The summed E-state index contributed by atoms with van der Waals surface area (Å²) in [5, 5.41) is 21.9. The molecule has 2 aliphatic rings. The van der Waals surface area contributed by atoms with Crippen LogP contribution < -0.4 is 9.64 Å². The molecule has 3 atom stereocenters. The molecule has 1 fully saturated rings. The maximum absolute atomic E-state index is 13.7. The van der Waals surface area contributed by atoms with Crippen LogP contribution in [0.1, 0.15) is 23.3 Å². The molecule has 0 bridgehead atoms. The molecule has 12 heteroatoms. The molecule has 9 nitrogen and oxygen atoms in total. The summed E-state index contributed by atoms with van der Waals surface area (Å²) in [5.74, 6) is -2.05. The van der Waals surface area contributed by atoms with Crippen molar-refractivity contribution in [2.45, 2.75) is 23.1 Å². The molecular weight excluding hydrogens is 498 g/mol. The second-order valence-corrected chi connectivity index (χ2v) is 10.6. The molecular formula is C22H17N3O6S3. The van der Waals surface area contributed by atoms with Crippen LogP contribution >= 0.6 is 35.3 Å². The molecule has 0 unspecified atom stereocenters. The summed E-state index contributed by atoms with van der Waals surface area (Å²) in [5.41, 5.74) is 0.404. The Hall–Kier alpha value is -3.22. The summed E-state index contributed by atoms with van der Waals surface area (Å²) < 4.78 is 5.90. The van der Waals surface area contributed by atoms with E-state index in [0.29, 0.717) is 31.9 Å². The van der Waals surface area contributed by atoms with Crippen LogP contribution in [0.15, 0.2) is 47.5 Å². The van der Waals surface area contributed by atoms with Crippen molar-refractivity contribution >= 4 is 58.5 Å². The van der Waals surface area contributed by atoms with E-state index in [1.165, 1.54) is 41.3 Å². The number of anilines is 1. The standard InChI is InChI=1S/C22H17N3O6S3/c1-2-31-12-6-3-10(4-7-12)24-20(27)16-15(13-9-11(25(29)30)5-8-14(13)26)17-19(23-22(32)34-17)33-18(16)21(24)28/h3-9,15-16,18,26H,2H2,1H3,(H,23,32)/t15-,16-,18+/m1/s1. The second kappa shape index (κ2) is 8.53. The lowest BCUT2D eigenvalue weighted by molar-refractivity contribution is -0.385. The highest BCUT2D eigenvalue weighted by atomic mass is 32.2. The highest BCUT2D eigenvalue weighted by molar-refractivity contribution is 8.01. The van der Waals surface area contributed by atoms with E-state index in [1.807, 2.05) is 6.92 Å². The molecule has 0 spiro atoms. The zero-order valence-electron chi connectivity index (χ0n) is 17.6. The zero-order chi connectivity index (χ0) is 24.1. The van der Waals surface area contributed by atoms with Gasteiger partial charge < -0.3 is 14.8 Å². The van der Waals surface area contributed by atoms with Gasteiger partial charge in [-0.05, 0) is 49.5 Å². The number of ether oxygens (including phenoxy) is 1. The number of carbonyl (C=O) groups excluding carboxylic acids is 2. The minimum atomic E-state index is -0.870. The van der Waals surface area contributed by atoms with E-state index >= 15 is 0 Å². The van der Waals surface area contributed by atoms with Gasteiger partial charge in [0, 0.05) is 28.5 Å². The number of nitrogens with one attached hydrogen (secondary N) is 1. The van der Waals surface area contributed by atoms with Gasteiger partial charge in [0.15, 0.2) is 3.95 Å². The van der Waals surface area contributed by atoms with E-state index in [0.717, 1.165) is 4.90 Å². The van der Waals surface area contributed by atoms with Crippen molar-refractivity contribution < 1.29 is 24.4 Å². The third-order valence-corrected chi connectivity index (χ3v) is 8.54. The Morgan fingerprint density at radius 3 is 2.62 bits per heavy atom. The van der Waals surface area contributed by atoms with Crippen molar-refractivity contribution in [3.8, 4) is 11.5 Å². The molecule has 5 rings (SSSR count). The van der Waals surface area contributed by atoms with Crippen molar-refractivity contribution in [1.29, 1.82) is 0 Å². The topological polar surface area (TPSA) is 126 Å². The predicted molar refractivity (Wildman–Crippen MR) is 129 cm³/mol. The first-order valence-electron chi connectivity index (χ1n) is 10.3. The number of rotatable bonds is 5. The van der Waals surface area contributed by atoms with Crippen LogP contribution in [0.5, 0.6) is 11.5 Å². The fourth-order valence-electron chi connectivity index (χ4n) is 4.37. The number of non-ortho nitro benzene ring substituents is 1. The normalized spacial score (nSPS) is 21.3.